The van der Waals surface area contributed by atoms with Crippen LogP contribution < -0.4 is 4.72 Å². The number of carbonyl (C=O) groups is 1. The van der Waals surface area contributed by atoms with Gasteiger partial charge in [0.15, 0.2) is 0 Å². The van der Waals surface area contributed by atoms with E-state index in [4.69, 9.17) is 5.11 Å². The first-order chi connectivity index (χ1) is 6.58. The van der Waals surface area contributed by atoms with E-state index in [0.717, 1.165) is 0 Å². The monoisotopic (exact) mass is 237 g/mol. The van der Waals surface area contributed by atoms with Crippen LogP contribution in [-0.2, 0) is 14.8 Å². The van der Waals surface area contributed by atoms with Crippen molar-refractivity contribution in [1.82, 2.24) is 4.72 Å². The summed E-state index contributed by atoms with van der Waals surface area (Å²) in [6, 6.07) is -0.583. The van der Waals surface area contributed by atoms with Gasteiger partial charge in [-0.2, -0.15) is 0 Å². The molecule has 0 fully saturated rings. The van der Waals surface area contributed by atoms with E-state index in [1.807, 2.05) is 0 Å². The summed E-state index contributed by atoms with van der Waals surface area (Å²) >= 11 is 0. The summed E-state index contributed by atoms with van der Waals surface area (Å²) in [4.78, 5) is 10.6. The Morgan fingerprint density at radius 2 is 1.87 bits per heavy atom. The summed E-state index contributed by atoms with van der Waals surface area (Å²) < 4.78 is 25.1. The van der Waals surface area contributed by atoms with E-state index in [2.05, 4.69) is 4.72 Å². The lowest BCUT2D eigenvalue weighted by molar-refractivity contribution is -0.138. The van der Waals surface area contributed by atoms with E-state index in [1.165, 1.54) is 6.92 Å². The van der Waals surface area contributed by atoms with Gasteiger partial charge >= 0.3 is 5.97 Å². The van der Waals surface area contributed by atoms with Gasteiger partial charge in [0.1, 0.15) is 0 Å². The maximum atomic E-state index is 11.3. The molecule has 0 amide bonds. The molecule has 0 aliphatic heterocycles. The Labute approximate surface area is 90.9 Å². The molecule has 0 aromatic carbocycles. The van der Waals surface area contributed by atoms with Crippen molar-refractivity contribution in [1.29, 1.82) is 0 Å². The Hall–Kier alpha value is -0.620. The van der Waals surface area contributed by atoms with Crippen molar-refractivity contribution >= 4 is 16.0 Å². The van der Waals surface area contributed by atoms with Crippen LogP contribution in [0.1, 0.15) is 34.1 Å². The normalized spacial score (nSPS) is 14.9. The number of aliphatic carboxylic acids is 1. The third-order valence-electron chi connectivity index (χ3n) is 2.13. The summed E-state index contributed by atoms with van der Waals surface area (Å²) in [6.07, 6.45) is -0.206. The molecule has 0 bridgehead atoms. The van der Waals surface area contributed by atoms with Gasteiger partial charge in [-0.15, -0.1) is 0 Å². The Kier molecular flexibility index (Phi) is 4.73. The second-order valence-electron chi connectivity index (χ2n) is 4.54. The fourth-order valence-corrected chi connectivity index (χ4v) is 2.04. The first kappa shape index (κ1) is 14.4. The molecule has 5 nitrogen and oxygen atoms in total. The fourth-order valence-electron chi connectivity index (χ4n) is 0.999. The highest BCUT2D eigenvalue weighted by Crippen LogP contribution is 2.22. The average Bonchev–Trinajstić information content (AvgIpc) is 2.00. The average molecular weight is 237 g/mol. The van der Waals surface area contributed by atoms with Crippen molar-refractivity contribution in [2.45, 2.75) is 40.2 Å². The molecule has 90 valence electrons. The second kappa shape index (κ2) is 4.94. The lowest BCUT2D eigenvalue weighted by Crippen LogP contribution is -2.45. The predicted molar refractivity (Wildman–Crippen MR) is 58.1 cm³/mol. The topological polar surface area (TPSA) is 83.5 Å². The molecule has 2 N–H and O–H groups in total. The van der Waals surface area contributed by atoms with E-state index in [0.29, 0.717) is 0 Å². The molecule has 0 rings (SSSR count). The summed E-state index contributed by atoms with van der Waals surface area (Å²) in [7, 11) is -3.36. The zero-order valence-electron chi connectivity index (χ0n) is 9.57. The van der Waals surface area contributed by atoms with Crippen LogP contribution in [0.3, 0.4) is 0 Å². The first-order valence-corrected chi connectivity index (χ1v) is 6.45. The molecule has 0 saturated carbocycles. The van der Waals surface area contributed by atoms with E-state index in [9.17, 15) is 13.2 Å². The molecule has 0 aliphatic rings. The summed E-state index contributed by atoms with van der Waals surface area (Å²) in [5, 5.41) is 8.68. The molecule has 0 aromatic heterocycles. The van der Waals surface area contributed by atoms with Gasteiger partial charge in [0.2, 0.25) is 10.0 Å². The van der Waals surface area contributed by atoms with Gasteiger partial charge in [-0.05, 0) is 12.3 Å². The predicted octanol–water partition coefficient (Wildman–Crippen LogP) is 0.815. The van der Waals surface area contributed by atoms with Crippen molar-refractivity contribution < 1.29 is 18.3 Å². The van der Waals surface area contributed by atoms with Crippen LogP contribution in [0.15, 0.2) is 0 Å². The van der Waals surface area contributed by atoms with Crippen LogP contribution in [0.25, 0.3) is 0 Å². The van der Waals surface area contributed by atoms with Crippen LogP contribution in [0, 0.1) is 5.41 Å². The number of hydrogen-bond acceptors (Lipinski definition) is 3. The first-order valence-electron chi connectivity index (χ1n) is 4.80. The Morgan fingerprint density at radius 1 is 1.40 bits per heavy atom. The summed E-state index contributed by atoms with van der Waals surface area (Å²) in [5.74, 6) is -1.05. The third-order valence-corrected chi connectivity index (χ3v) is 3.53. The molecule has 0 spiro atoms. The van der Waals surface area contributed by atoms with Gasteiger partial charge in [0, 0.05) is 6.04 Å². The van der Waals surface area contributed by atoms with E-state index < -0.39 is 27.4 Å². The highest BCUT2D eigenvalue weighted by Gasteiger charge is 2.29. The minimum atomic E-state index is -3.36. The Balaban J connectivity index is 4.75. The van der Waals surface area contributed by atoms with Crippen LogP contribution >= 0.6 is 0 Å². The van der Waals surface area contributed by atoms with E-state index >= 15 is 0 Å². The molecule has 15 heavy (non-hydrogen) atoms. The number of nitrogens with one attached hydrogen (secondary N) is 1. The largest absolute Gasteiger partial charge is 0.481 e. The number of carboxylic acids is 1. The highest BCUT2D eigenvalue weighted by atomic mass is 32.2. The summed E-state index contributed by atoms with van der Waals surface area (Å²) in [5.41, 5.74) is -0.416. The van der Waals surface area contributed by atoms with Gasteiger partial charge in [-0.1, -0.05) is 20.8 Å². The molecule has 6 heteroatoms. The molecule has 0 saturated heterocycles. The third kappa shape index (κ3) is 5.74. The van der Waals surface area contributed by atoms with Crippen molar-refractivity contribution in [2.75, 3.05) is 5.75 Å². The summed E-state index contributed by atoms with van der Waals surface area (Å²) in [6.45, 7) is 6.93. The SMILES string of the molecule is CCS(=O)(=O)NC(CC(=O)O)C(C)(C)C. The van der Waals surface area contributed by atoms with Gasteiger partial charge in [0.25, 0.3) is 0 Å². The standard InChI is InChI=1S/C9H19NO4S/c1-5-15(13,14)10-7(6-8(11)12)9(2,3)4/h7,10H,5-6H2,1-4H3,(H,11,12). The maximum Gasteiger partial charge on any atom is 0.304 e. The smallest absolute Gasteiger partial charge is 0.304 e. The number of carboxylic acid groups (broad SMARTS) is 1. The number of sulfonamides is 1. The van der Waals surface area contributed by atoms with Crippen molar-refractivity contribution in [3.05, 3.63) is 0 Å². The van der Waals surface area contributed by atoms with Gasteiger partial charge in [-0.3, -0.25) is 4.79 Å². The zero-order chi connectivity index (χ0) is 12.3. The van der Waals surface area contributed by atoms with Crippen molar-refractivity contribution in [3.63, 3.8) is 0 Å². The van der Waals surface area contributed by atoms with Gasteiger partial charge < -0.3 is 5.11 Å². The zero-order valence-corrected chi connectivity index (χ0v) is 10.4. The molecule has 0 radical (unpaired) electrons. The molecule has 0 heterocycles. The van der Waals surface area contributed by atoms with E-state index in [-0.39, 0.29) is 12.2 Å². The van der Waals surface area contributed by atoms with Crippen LogP contribution in [-0.4, -0.2) is 31.3 Å². The second-order valence-corrected chi connectivity index (χ2v) is 6.58. The molecule has 1 atom stereocenters. The van der Waals surface area contributed by atoms with E-state index in [1.54, 1.807) is 20.8 Å². The fraction of sp³-hybridized carbons (Fsp3) is 0.889. The minimum Gasteiger partial charge on any atom is -0.481 e. The minimum absolute atomic E-state index is 0.0425. The molecule has 0 aliphatic carbocycles. The van der Waals surface area contributed by atoms with Crippen LogP contribution in [0.2, 0.25) is 0 Å². The highest BCUT2D eigenvalue weighted by molar-refractivity contribution is 7.89. The molecular weight excluding hydrogens is 218 g/mol. The van der Waals surface area contributed by atoms with Gasteiger partial charge in [0.05, 0.1) is 12.2 Å². The van der Waals surface area contributed by atoms with Crippen molar-refractivity contribution in [2.24, 2.45) is 5.41 Å². The van der Waals surface area contributed by atoms with Crippen LogP contribution in [0.5, 0.6) is 0 Å². The molecule has 1 unspecified atom stereocenters. The Bertz CT molecular complexity index is 315. The van der Waals surface area contributed by atoms with Gasteiger partial charge in [-0.25, -0.2) is 13.1 Å². The molecular formula is C9H19NO4S. The van der Waals surface area contributed by atoms with Crippen molar-refractivity contribution in [3.8, 4) is 0 Å². The number of rotatable bonds is 5. The van der Waals surface area contributed by atoms with Crippen LogP contribution in [0.4, 0.5) is 0 Å². The lowest BCUT2D eigenvalue weighted by Gasteiger charge is -2.29. The quantitative estimate of drug-likeness (QED) is 0.741. The number of hydrogen-bond donors (Lipinski definition) is 2. The molecule has 0 aromatic rings. The lowest BCUT2D eigenvalue weighted by atomic mass is 9.85. The Morgan fingerprint density at radius 3 is 2.13 bits per heavy atom. The maximum absolute atomic E-state index is 11.3.